The molecule has 0 aromatic carbocycles. The first-order valence-corrected chi connectivity index (χ1v) is 6.63. The maximum Gasteiger partial charge on any atom is 0.222 e. The first kappa shape index (κ1) is 11.9. The van der Waals surface area contributed by atoms with Crippen molar-refractivity contribution >= 4 is 5.91 Å². The minimum atomic E-state index is -0.592. The number of rotatable bonds is 3. The third-order valence-electron chi connectivity index (χ3n) is 4.27. The fourth-order valence-electron chi connectivity index (χ4n) is 3.01. The van der Waals surface area contributed by atoms with Crippen molar-refractivity contribution in [2.24, 2.45) is 5.92 Å². The highest BCUT2D eigenvalue weighted by atomic mass is 16.3. The van der Waals surface area contributed by atoms with Crippen LogP contribution in [0.25, 0.3) is 0 Å². The molecular weight excluding hydrogens is 202 g/mol. The van der Waals surface area contributed by atoms with E-state index < -0.39 is 5.60 Å². The number of hydrogen-bond acceptors (Lipinski definition) is 2. The molecule has 1 aliphatic heterocycles. The maximum atomic E-state index is 11.5. The van der Waals surface area contributed by atoms with Crippen LogP contribution in [-0.4, -0.2) is 34.6 Å². The van der Waals surface area contributed by atoms with Gasteiger partial charge in [-0.1, -0.05) is 13.3 Å². The molecule has 92 valence electrons. The molecule has 2 fully saturated rings. The Morgan fingerprint density at radius 3 is 2.62 bits per heavy atom. The largest absolute Gasteiger partial charge is 0.388 e. The predicted octanol–water partition coefficient (Wildman–Crippen LogP) is 1.94. The van der Waals surface area contributed by atoms with Crippen LogP contribution < -0.4 is 0 Å². The van der Waals surface area contributed by atoms with Crippen molar-refractivity contribution in [3.05, 3.63) is 0 Å². The Kier molecular flexibility index (Phi) is 3.53. The van der Waals surface area contributed by atoms with E-state index in [4.69, 9.17) is 0 Å². The van der Waals surface area contributed by atoms with Crippen molar-refractivity contribution in [3.63, 3.8) is 0 Å². The molecule has 0 spiro atoms. The molecule has 0 atom stereocenters. The van der Waals surface area contributed by atoms with Gasteiger partial charge in [0.2, 0.25) is 5.91 Å². The Morgan fingerprint density at radius 2 is 2.12 bits per heavy atom. The first-order chi connectivity index (χ1) is 7.63. The minimum Gasteiger partial charge on any atom is -0.388 e. The Morgan fingerprint density at radius 1 is 1.44 bits per heavy atom. The fraction of sp³-hybridized carbons (Fsp3) is 0.923. The molecule has 2 aliphatic rings. The molecule has 1 amide bonds. The highest BCUT2D eigenvalue weighted by Crippen LogP contribution is 2.34. The van der Waals surface area contributed by atoms with Crippen LogP contribution in [0.5, 0.6) is 0 Å². The van der Waals surface area contributed by atoms with Crippen LogP contribution in [0, 0.1) is 5.92 Å². The summed E-state index contributed by atoms with van der Waals surface area (Å²) in [6.45, 7) is 3.64. The van der Waals surface area contributed by atoms with Gasteiger partial charge in [-0.25, -0.2) is 0 Å². The molecule has 1 N–H and O–H groups in total. The van der Waals surface area contributed by atoms with Crippen molar-refractivity contribution in [3.8, 4) is 0 Å². The van der Waals surface area contributed by atoms with E-state index in [0.29, 0.717) is 13.0 Å². The second kappa shape index (κ2) is 4.74. The number of amides is 1. The number of hydrogen-bond donors (Lipinski definition) is 1. The van der Waals surface area contributed by atoms with Crippen LogP contribution in [0.1, 0.15) is 51.9 Å². The van der Waals surface area contributed by atoms with Gasteiger partial charge in [0.05, 0.1) is 5.60 Å². The first-order valence-electron chi connectivity index (χ1n) is 6.63. The summed E-state index contributed by atoms with van der Waals surface area (Å²) in [6, 6.07) is 0. The standard InChI is InChI=1S/C13H23NO2/c1-2-11-5-7-13(16,8-6-11)10-14-9-3-4-12(14)15/h11,16H,2-10H2,1H3. The van der Waals surface area contributed by atoms with Crippen LogP contribution in [-0.2, 0) is 4.79 Å². The van der Waals surface area contributed by atoms with Gasteiger partial charge in [0, 0.05) is 19.5 Å². The molecule has 1 saturated carbocycles. The van der Waals surface area contributed by atoms with Crippen molar-refractivity contribution in [2.45, 2.75) is 57.5 Å². The number of nitrogens with zero attached hydrogens (tertiary/aromatic N) is 1. The van der Waals surface area contributed by atoms with Crippen molar-refractivity contribution in [1.29, 1.82) is 0 Å². The lowest BCUT2D eigenvalue weighted by Crippen LogP contribution is -2.45. The molecule has 0 bridgehead atoms. The molecule has 1 heterocycles. The number of likely N-dealkylation sites (tertiary alicyclic amines) is 1. The van der Waals surface area contributed by atoms with Crippen LogP contribution >= 0.6 is 0 Å². The van der Waals surface area contributed by atoms with Crippen LogP contribution in [0.4, 0.5) is 0 Å². The van der Waals surface area contributed by atoms with E-state index in [2.05, 4.69) is 6.92 Å². The van der Waals surface area contributed by atoms with Gasteiger partial charge in [-0.15, -0.1) is 0 Å². The summed E-state index contributed by atoms with van der Waals surface area (Å²) < 4.78 is 0. The van der Waals surface area contributed by atoms with E-state index in [1.54, 1.807) is 0 Å². The van der Waals surface area contributed by atoms with Crippen molar-refractivity contribution in [2.75, 3.05) is 13.1 Å². The topological polar surface area (TPSA) is 40.5 Å². The predicted molar refractivity (Wildman–Crippen MR) is 63.0 cm³/mol. The lowest BCUT2D eigenvalue weighted by molar-refractivity contribution is -0.132. The molecule has 3 heteroatoms. The molecule has 3 nitrogen and oxygen atoms in total. The fourth-order valence-corrected chi connectivity index (χ4v) is 3.01. The van der Waals surface area contributed by atoms with Crippen LogP contribution in [0.3, 0.4) is 0 Å². The Hall–Kier alpha value is -0.570. The molecule has 1 saturated heterocycles. The maximum absolute atomic E-state index is 11.5. The van der Waals surface area contributed by atoms with E-state index in [1.807, 2.05) is 4.90 Å². The molecule has 0 unspecified atom stereocenters. The third kappa shape index (κ3) is 2.57. The second-order valence-electron chi connectivity index (χ2n) is 5.49. The van der Waals surface area contributed by atoms with Gasteiger partial charge in [-0.05, 0) is 38.0 Å². The van der Waals surface area contributed by atoms with Gasteiger partial charge in [0.25, 0.3) is 0 Å². The minimum absolute atomic E-state index is 0.228. The average molecular weight is 225 g/mol. The number of β-amino-alcohol motifs (C(OH)–C–C–N with tert-alkyl or cyclic N) is 1. The summed E-state index contributed by atoms with van der Waals surface area (Å²) in [5.74, 6) is 1.01. The van der Waals surface area contributed by atoms with E-state index in [-0.39, 0.29) is 5.91 Å². The summed E-state index contributed by atoms with van der Waals surface area (Å²) in [4.78, 5) is 13.4. The van der Waals surface area contributed by atoms with E-state index >= 15 is 0 Å². The molecule has 1 aliphatic carbocycles. The molecule has 0 radical (unpaired) electrons. The summed E-state index contributed by atoms with van der Waals surface area (Å²) in [5.41, 5.74) is -0.592. The summed E-state index contributed by atoms with van der Waals surface area (Å²) >= 11 is 0. The summed E-state index contributed by atoms with van der Waals surface area (Å²) in [6.07, 6.45) is 6.84. The highest BCUT2D eigenvalue weighted by Gasteiger charge is 2.36. The number of carbonyl (C=O) groups excluding carboxylic acids is 1. The zero-order valence-corrected chi connectivity index (χ0v) is 10.2. The zero-order chi connectivity index (χ0) is 11.6. The Balaban J connectivity index is 1.86. The molecule has 16 heavy (non-hydrogen) atoms. The van der Waals surface area contributed by atoms with E-state index in [0.717, 1.165) is 44.6 Å². The summed E-state index contributed by atoms with van der Waals surface area (Å²) in [5, 5.41) is 10.5. The van der Waals surface area contributed by atoms with Gasteiger partial charge >= 0.3 is 0 Å². The number of carbonyl (C=O) groups is 1. The average Bonchev–Trinajstić information content (AvgIpc) is 2.65. The van der Waals surface area contributed by atoms with Crippen molar-refractivity contribution in [1.82, 2.24) is 4.90 Å². The van der Waals surface area contributed by atoms with E-state index in [9.17, 15) is 9.90 Å². The van der Waals surface area contributed by atoms with Gasteiger partial charge in [-0.3, -0.25) is 4.79 Å². The molecular formula is C13H23NO2. The molecule has 2 rings (SSSR count). The third-order valence-corrected chi connectivity index (χ3v) is 4.27. The normalized spacial score (nSPS) is 35.8. The lowest BCUT2D eigenvalue weighted by Gasteiger charge is -2.38. The molecule has 0 aromatic rings. The monoisotopic (exact) mass is 225 g/mol. The summed E-state index contributed by atoms with van der Waals surface area (Å²) in [7, 11) is 0. The van der Waals surface area contributed by atoms with E-state index in [1.165, 1.54) is 6.42 Å². The Bertz CT molecular complexity index is 257. The second-order valence-corrected chi connectivity index (χ2v) is 5.49. The van der Waals surface area contributed by atoms with Gasteiger partial charge in [-0.2, -0.15) is 0 Å². The van der Waals surface area contributed by atoms with Gasteiger partial charge in [0.1, 0.15) is 0 Å². The number of aliphatic hydroxyl groups is 1. The smallest absolute Gasteiger partial charge is 0.222 e. The van der Waals surface area contributed by atoms with Gasteiger partial charge in [0.15, 0.2) is 0 Å². The quantitative estimate of drug-likeness (QED) is 0.797. The van der Waals surface area contributed by atoms with Crippen LogP contribution in [0.2, 0.25) is 0 Å². The lowest BCUT2D eigenvalue weighted by atomic mass is 9.77. The highest BCUT2D eigenvalue weighted by molar-refractivity contribution is 5.78. The molecule has 0 aromatic heterocycles. The van der Waals surface area contributed by atoms with Crippen molar-refractivity contribution < 1.29 is 9.90 Å². The van der Waals surface area contributed by atoms with Crippen LogP contribution in [0.15, 0.2) is 0 Å². The Labute approximate surface area is 97.8 Å². The zero-order valence-electron chi connectivity index (χ0n) is 10.2. The SMILES string of the molecule is CCC1CCC(O)(CN2CCCC2=O)CC1. The van der Waals surface area contributed by atoms with Gasteiger partial charge < -0.3 is 10.0 Å².